The lowest BCUT2D eigenvalue weighted by atomic mass is 9.96. The third-order valence-corrected chi connectivity index (χ3v) is 5.79. The summed E-state index contributed by atoms with van der Waals surface area (Å²) in [4.78, 5) is 19.6. The Labute approximate surface area is 193 Å². The molecule has 1 atom stereocenters. The van der Waals surface area contributed by atoms with Crippen LogP contribution in [0.4, 0.5) is 17.2 Å². The monoisotopic (exact) mass is 450 g/mol. The average molecular weight is 451 g/mol. The van der Waals surface area contributed by atoms with Gasteiger partial charge in [0, 0.05) is 50.8 Å². The predicted molar refractivity (Wildman–Crippen MR) is 127 cm³/mol. The van der Waals surface area contributed by atoms with Gasteiger partial charge in [-0.05, 0) is 36.6 Å². The van der Waals surface area contributed by atoms with Crippen LogP contribution >= 0.6 is 0 Å². The number of anilines is 3. The maximum absolute atomic E-state index is 12.9. The first-order chi connectivity index (χ1) is 16.1. The molecule has 2 aromatic heterocycles. The molecule has 1 aliphatic rings. The Kier molecular flexibility index (Phi) is 6.97. The zero-order chi connectivity index (χ0) is 23.2. The number of pyridine rings is 1. The van der Waals surface area contributed by atoms with E-state index in [1.165, 1.54) is 0 Å². The minimum Gasteiger partial charge on any atom is -0.493 e. The molecule has 4 rings (SSSR count). The highest BCUT2D eigenvalue weighted by Crippen LogP contribution is 2.28. The number of ether oxygens (including phenoxy) is 2. The van der Waals surface area contributed by atoms with Gasteiger partial charge in [0.25, 0.3) is 0 Å². The van der Waals surface area contributed by atoms with Crippen molar-refractivity contribution in [3.63, 3.8) is 0 Å². The summed E-state index contributed by atoms with van der Waals surface area (Å²) in [7, 11) is 5.08. The van der Waals surface area contributed by atoms with Crippen LogP contribution < -0.4 is 25.0 Å². The largest absolute Gasteiger partial charge is 0.493 e. The number of methoxy groups -OCH3 is 2. The molecule has 0 radical (unpaired) electrons. The molecule has 1 saturated heterocycles. The fourth-order valence-corrected chi connectivity index (χ4v) is 4.07. The fraction of sp³-hybridized carbons (Fsp3) is 0.375. The van der Waals surface area contributed by atoms with Crippen LogP contribution in [0.15, 0.2) is 48.9 Å². The number of amides is 1. The van der Waals surface area contributed by atoms with Crippen molar-refractivity contribution in [3.8, 4) is 11.5 Å². The van der Waals surface area contributed by atoms with E-state index in [1.807, 2.05) is 43.6 Å². The van der Waals surface area contributed by atoms with E-state index in [9.17, 15) is 4.79 Å². The minimum absolute atomic E-state index is 0.0669. The Morgan fingerprint density at radius 3 is 2.79 bits per heavy atom. The lowest BCUT2D eigenvalue weighted by Crippen LogP contribution is -2.43. The molecule has 3 aromatic rings. The number of aryl methyl sites for hydroxylation is 1. The summed E-state index contributed by atoms with van der Waals surface area (Å²) in [6, 6.07) is 9.67. The van der Waals surface area contributed by atoms with Gasteiger partial charge in [-0.15, -0.1) is 0 Å². The van der Waals surface area contributed by atoms with E-state index in [2.05, 4.69) is 25.6 Å². The first kappa shape index (κ1) is 22.4. The van der Waals surface area contributed by atoms with E-state index in [0.717, 1.165) is 42.1 Å². The van der Waals surface area contributed by atoms with Crippen LogP contribution in [-0.2, 0) is 18.4 Å². The van der Waals surface area contributed by atoms with Gasteiger partial charge in [-0.25, -0.2) is 4.98 Å². The third kappa shape index (κ3) is 5.54. The van der Waals surface area contributed by atoms with E-state index in [0.29, 0.717) is 24.6 Å². The van der Waals surface area contributed by atoms with Crippen molar-refractivity contribution >= 4 is 23.1 Å². The highest BCUT2D eigenvalue weighted by molar-refractivity contribution is 5.79. The van der Waals surface area contributed by atoms with E-state index < -0.39 is 0 Å². The number of aromatic nitrogens is 3. The standard InChI is InChI=1S/C24H30N6O3/c1-29-16-19(14-27-29)28-23-12-20(8-9-25-23)30-10-4-5-18(15-30)24(31)26-13-17-6-7-21(32-2)22(11-17)33-3/h6-9,11-12,14,16,18H,4-5,10,13,15H2,1-3H3,(H,25,28)(H,26,31)/t18-/m1/s1. The summed E-state index contributed by atoms with van der Waals surface area (Å²) in [5.41, 5.74) is 2.90. The summed E-state index contributed by atoms with van der Waals surface area (Å²) in [5.74, 6) is 2.08. The number of benzene rings is 1. The Hall–Kier alpha value is -3.75. The molecule has 1 aromatic carbocycles. The molecule has 0 unspecified atom stereocenters. The molecule has 1 aliphatic heterocycles. The lowest BCUT2D eigenvalue weighted by molar-refractivity contribution is -0.125. The smallest absolute Gasteiger partial charge is 0.225 e. The number of carbonyl (C=O) groups excluding carboxylic acids is 1. The Bertz CT molecular complexity index is 1100. The molecular weight excluding hydrogens is 420 g/mol. The molecule has 174 valence electrons. The van der Waals surface area contributed by atoms with Gasteiger partial charge in [-0.1, -0.05) is 6.07 Å². The van der Waals surface area contributed by atoms with Crippen molar-refractivity contribution in [3.05, 3.63) is 54.5 Å². The molecule has 9 heteroatoms. The topological polar surface area (TPSA) is 93.5 Å². The number of piperidine rings is 1. The van der Waals surface area contributed by atoms with E-state index in [-0.39, 0.29) is 11.8 Å². The fourth-order valence-electron chi connectivity index (χ4n) is 4.07. The van der Waals surface area contributed by atoms with Gasteiger partial charge in [-0.3, -0.25) is 9.48 Å². The predicted octanol–water partition coefficient (Wildman–Crippen LogP) is 3.11. The van der Waals surface area contributed by atoms with Gasteiger partial charge < -0.3 is 25.0 Å². The van der Waals surface area contributed by atoms with Crippen molar-refractivity contribution in [1.82, 2.24) is 20.1 Å². The molecule has 1 amide bonds. The van der Waals surface area contributed by atoms with E-state index >= 15 is 0 Å². The van der Waals surface area contributed by atoms with E-state index in [1.54, 1.807) is 31.3 Å². The number of hydrogen-bond donors (Lipinski definition) is 2. The van der Waals surface area contributed by atoms with Gasteiger partial charge in [-0.2, -0.15) is 5.10 Å². The van der Waals surface area contributed by atoms with Crippen LogP contribution in [0, 0.1) is 5.92 Å². The maximum Gasteiger partial charge on any atom is 0.225 e. The summed E-state index contributed by atoms with van der Waals surface area (Å²) in [6.07, 6.45) is 7.28. The molecule has 3 heterocycles. The number of rotatable bonds is 8. The van der Waals surface area contributed by atoms with Gasteiger partial charge in [0.1, 0.15) is 5.82 Å². The first-order valence-electron chi connectivity index (χ1n) is 11.0. The van der Waals surface area contributed by atoms with Gasteiger partial charge in [0.05, 0.1) is 32.0 Å². The van der Waals surface area contributed by atoms with Crippen molar-refractivity contribution in [2.24, 2.45) is 13.0 Å². The summed E-state index contributed by atoms with van der Waals surface area (Å²) >= 11 is 0. The molecular formula is C24H30N6O3. The molecule has 0 spiro atoms. The third-order valence-electron chi connectivity index (χ3n) is 5.79. The average Bonchev–Trinajstić information content (AvgIpc) is 3.26. The quantitative estimate of drug-likeness (QED) is 0.545. The van der Waals surface area contributed by atoms with Crippen LogP contribution in [0.1, 0.15) is 18.4 Å². The van der Waals surface area contributed by atoms with Crippen LogP contribution in [0.3, 0.4) is 0 Å². The second-order valence-corrected chi connectivity index (χ2v) is 8.12. The van der Waals surface area contributed by atoms with Crippen molar-refractivity contribution in [2.75, 3.05) is 37.5 Å². The molecule has 0 saturated carbocycles. The Morgan fingerprint density at radius 1 is 1.18 bits per heavy atom. The number of carbonyl (C=O) groups is 1. The van der Waals surface area contributed by atoms with Gasteiger partial charge in [0.2, 0.25) is 5.91 Å². The highest BCUT2D eigenvalue weighted by Gasteiger charge is 2.26. The SMILES string of the molecule is COc1ccc(CNC(=O)[C@@H]2CCCN(c3ccnc(Nc4cnn(C)c4)c3)C2)cc1OC. The van der Waals surface area contributed by atoms with Crippen molar-refractivity contribution in [1.29, 1.82) is 0 Å². The van der Waals surface area contributed by atoms with Gasteiger partial charge in [0.15, 0.2) is 11.5 Å². The van der Waals surface area contributed by atoms with Crippen LogP contribution in [0.25, 0.3) is 0 Å². The zero-order valence-corrected chi connectivity index (χ0v) is 19.2. The summed E-state index contributed by atoms with van der Waals surface area (Å²) in [6.45, 7) is 2.04. The van der Waals surface area contributed by atoms with Crippen LogP contribution in [0.5, 0.6) is 11.5 Å². The summed E-state index contributed by atoms with van der Waals surface area (Å²) in [5, 5.41) is 10.5. The lowest BCUT2D eigenvalue weighted by Gasteiger charge is -2.33. The van der Waals surface area contributed by atoms with Gasteiger partial charge >= 0.3 is 0 Å². The normalized spacial score (nSPS) is 15.7. The molecule has 2 N–H and O–H groups in total. The van der Waals surface area contributed by atoms with E-state index in [4.69, 9.17) is 9.47 Å². The van der Waals surface area contributed by atoms with Crippen molar-refractivity contribution in [2.45, 2.75) is 19.4 Å². The van der Waals surface area contributed by atoms with Crippen LogP contribution in [-0.4, -0.2) is 48.0 Å². The Balaban J connectivity index is 1.36. The molecule has 0 aliphatic carbocycles. The Morgan fingerprint density at radius 2 is 2.03 bits per heavy atom. The molecule has 33 heavy (non-hydrogen) atoms. The maximum atomic E-state index is 12.9. The summed E-state index contributed by atoms with van der Waals surface area (Å²) < 4.78 is 12.4. The second-order valence-electron chi connectivity index (χ2n) is 8.12. The number of nitrogens with one attached hydrogen (secondary N) is 2. The van der Waals surface area contributed by atoms with Crippen molar-refractivity contribution < 1.29 is 14.3 Å². The zero-order valence-electron chi connectivity index (χ0n) is 19.2. The molecule has 1 fully saturated rings. The molecule has 9 nitrogen and oxygen atoms in total. The molecule has 0 bridgehead atoms. The number of nitrogens with zero attached hydrogens (tertiary/aromatic N) is 4. The van der Waals surface area contributed by atoms with Crippen LogP contribution in [0.2, 0.25) is 0 Å². The minimum atomic E-state index is -0.0678. The number of hydrogen-bond acceptors (Lipinski definition) is 7. The second kappa shape index (κ2) is 10.2. The first-order valence-corrected chi connectivity index (χ1v) is 11.0. The highest BCUT2D eigenvalue weighted by atomic mass is 16.5.